The number of nitrogens with zero attached hydrogens (tertiary/aromatic N) is 2. The molecule has 2 N–H and O–H groups in total. The smallest absolute Gasteiger partial charge is 0.191 e. The summed E-state index contributed by atoms with van der Waals surface area (Å²) in [6, 6.07) is 8.59. The number of aliphatic imine (C=N–C) groups is 1. The summed E-state index contributed by atoms with van der Waals surface area (Å²) in [5.74, 6) is 2.37. The quantitative estimate of drug-likeness (QED) is 0.296. The average molecular weight is 551 g/mol. The molecule has 1 aromatic rings. The number of hydrogen-bond donors (Lipinski definition) is 2. The zero-order valence-corrected chi connectivity index (χ0v) is 22.2. The zero-order chi connectivity index (χ0) is 21.4. The molecule has 0 saturated carbocycles. The molecule has 172 valence electrons. The first-order valence-corrected chi connectivity index (χ1v) is 12.7. The summed E-state index contributed by atoms with van der Waals surface area (Å²) in [6.07, 6.45) is 3.15. The Morgan fingerprint density at radius 1 is 1.20 bits per heavy atom. The molecule has 0 bridgehead atoms. The number of nitrogens with one attached hydrogen (secondary N) is 2. The van der Waals surface area contributed by atoms with E-state index in [2.05, 4.69) is 58.6 Å². The van der Waals surface area contributed by atoms with Gasteiger partial charge in [-0.15, -0.1) is 24.0 Å². The number of guanidine groups is 1. The average Bonchev–Trinajstić information content (AvgIpc) is 2.63. The van der Waals surface area contributed by atoms with Gasteiger partial charge in [0.2, 0.25) is 0 Å². The Hall–Kier alpha value is -0.870. The summed E-state index contributed by atoms with van der Waals surface area (Å²) in [5.41, 5.74) is 2.62. The van der Waals surface area contributed by atoms with Crippen molar-refractivity contribution in [1.29, 1.82) is 0 Å². The summed E-state index contributed by atoms with van der Waals surface area (Å²) >= 11 is 0. The summed E-state index contributed by atoms with van der Waals surface area (Å²) in [6.45, 7) is 10.6. The van der Waals surface area contributed by atoms with Crippen LogP contribution < -0.4 is 10.6 Å². The largest absolute Gasteiger partial charge is 0.354 e. The topological polar surface area (TPSA) is 73.8 Å². The second kappa shape index (κ2) is 12.9. The number of rotatable bonds is 8. The Morgan fingerprint density at radius 3 is 2.37 bits per heavy atom. The third-order valence-corrected chi connectivity index (χ3v) is 6.41. The van der Waals surface area contributed by atoms with Gasteiger partial charge < -0.3 is 10.6 Å². The lowest BCUT2D eigenvalue weighted by Crippen LogP contribution is -2.42. The van der Waals surface area contributed by atoms with Crippen LogP contribution in [0.5, 0.6) is 0 Å². The SMILES string of the molecule is CN=C(NCc1ccccc1CN1CC(C)CC(C)C1)NC(C)CCS(C)(=O)=O.I. The standard InChI is InChI=1S/C22H38N4O2S.HI/c1-17-12-18(2)15-26(14-17)16-21-9-7-6-8-20(21)13-24-22(23-4)25-19(3)10-11-29(5,27)28;/h6-9,17-19H,10-16H2,1-5H3,(H2,23,24,25);1H. The molecule has 1 saturated heterocycles. The second-order valence-electron chi connectivity index (χ2n) is 8.80. The molecule has 0 aromatic heterocycles. The van der Waals surface area contributed by atoms with Gasteiger partial charge in [-0.05, 0) is 42.7 Å². The van der Waals surface area contributed by atoms with Crippen molar-refractivity contribution < 1.29 is 8.42 Å². The Balaban J connectivity index is 0.00000450. The highest BCUT2D eigenvalue weighted by Gasteiger charge is 2.22. The van der Waals surface area contributed by atoms with Gasteiger partial charge in [0.05, 0.1) is 5.75 Å². The molecule has 0 aliphatic carbocycles. The molecule has 8 heteroatoms. The summed E-state index contributed by atoms with van der Waals surface area (Å²) in [7, 11) is -1.21. The fraction of sp³-hybridized carbons (Fsp3) is 0.682. The highest BCUT2D eigenvalue weighted by molar-refractivity contribution is 14.0. The van der Waals surface area contributed by atoms with Crippen LogP contribution in [0.2, 0.25) is 0 Å². The lowest BCUT2D eigenvalue weighted by molar-refractivity contribution is 0.134. The van der Waals surface area contributed by atoms with Crippen LogP contribution in [-0.4, -0.2) is 57.5 Å². The van der Waals surface area contributed by atoms with Gasteiger partial charge in [-0.25, -0.2) is 8.42 Å². The minimum atomic E-state index is -2.95. The van der Waals surface area contributed by atoms with Crippen molar-refractivity contribution in [2.75, 3.05) is 32.1 Å². The first-order valence-electron chi connectivity index (χ1n) is 10.6. The van der Waals surface area contributed by atoms with Gasteiger partial charge in [-0.1, -0.05) is 38.1 Å². The number of halogens is 1. The van der Waals surface area contributed by atoms with Gasteiger partial charge in [0.15, 0.2) is 5.96 Å². The van der Waals surface area contributed by atoms with Crippen LogP contribution in [0.25, 0.3) is 0 Å². The molecule has 6 nitrogen and oxygen atoms in total. The van der Waals surface area contributed by atoms with Crippen LogP contribution in [0.4, 0.5) is 0 Å². The van der Waals surface area contributed by atoms with E-state index in [1.54, 1.807) is 7.05 Å². The molecule has 0 radical (unpaired) electrons. The molecule has 1 aromatic carbocycles. The maximum absolute atomic E-state index is 11.4. The predicted molar refractivity (Wildman–Crippen MR) is 137 cm³/mol. The van der Waals surface area contributed by atoms with E-state index in [0.717, 1.165) is 31.5 Å². The first kappa shape index (κ1) is 27.2. The number of hydrogen-bond acceptors (Lipinski definition) is 4. The minimum Gasteiger partial charge on any atom is -0.354 e. The van der Waals surface area contributed by atoms with Crippen LogP contribution in [-0.2, 0) is 22.9 Å². The molecule has 30 heavy (non-hydrogen) atoms. The fourth-order valence-electron chi connectivity index (χ4n) is 4.12. The van der Waals surface area contributed by atoms with E-state index < -0.39 is 9.84 Å². The van der Waals surface area contributed by atoms with Crippen molar-refractivity contribution in [3.8, 4) is 0 Å². The van der Waals surface area contributed by atoms with Crippen LogP contribution in [0.1, 0.15) is 44.7 Å². The molecular weight excluding hydrogens is 511 g/mol. The highest BCUT2D eigenvalue weighted by atomic mass is 127. The summed E-state index contributed by atoms with van der Waals surface area (Å²) in [4.78, 5) is 6.85. The van der Waals surface area contributed by atoms with Crippen LogP contribution in [0.3, 0.4) is 0 Å². The van der Waals surface area contributed by atoms with E-state index in [-0.39, 0.29) is 35.8 Å². The van der Waals surface area contributed by atoms with Crippen molar-refractivity contribution >= 4 is 39.8 Å². The van der Waals surface area contributed by atoms with Crippen molar-refractivity contribution in [1.82, 2.24) is 15.5 Å². The van der Waals surface area contributed by atoms with Crippen molar-refractivity contribution in [2.45, 2.75) is 52.7 Å². The number of sulfone groups is 1. The van der Waals surface area contributed by atoms with Gasteiger partial charge in [-0.2, -0.15) is 0 Å². The molecule has 0 amide bonds. The number of piperidine rings is 1. The molecule has 2 rings (SSSR count). The maximum atomic E-state index is 11.4. The number of likely N-dealkylation sites (tertiary alicyclic amines) is 1. The van der Waals surface area contributed by atoms with Gasteiger partial charge >= 0.3 is 0 Å². The van der Waals surface area contributed by atoms with Crippen LogP contribution in [0.15, 0.2) is 29.3 Å². The third-order valence-electron chi connectivity index (χ3n) is 5.43. The zero-order valence-electron chi connectivity index (χ0n) is 19.0. The molecular formula is C22H39IN4O2S. The van der Waals surface area contributed by atoms with Crippen molar-refractivity contribution in [2.24, 2.45) is 16.8 Å². The lowest BCUT2D eigenvalue weighted by Gasteiger charge is -2.35. The van der Waals surface area contributed by atoms with Crippen molar-refractivity contribution in [3.05, 3.63) is 35.4 Å². The number of benzene rings is 1. The Bertz CT molecular complexity index is 775. The normalized spacial score (nSPS) is 21.6. The summed E-state index contributed by atoms with van der Waals surface area (Å²) in [5, 5.41) is 6.67. The molecule has 3 unspecified atom stereocenters. The molecule has 3 atom stereocenters. The molecule has 1 aliphatic rings. The second-order valence-corrected chi connectivity index (χ2v) is 11.1. The van der Waals surface area contributed by atoms with E-state index in [4.69, 9.17) is 0 Å². The minimum absolute atomic E-state index is 0. The summed E-state index contributed by atoms with van der Waals surface area (Å²) < 4.78 is 22.7. The fourth-order valence-corrected chi connectivity index (χ4v) is 4.90. The van der Waals surface area contributed by atoms with E-state index in [9.17, 15) is 8.42 Å². The monoisotopic (exact) mass is 550 g/mol. The third kappa shape index (κ3) is 9.96. The molecule has 1 aliphatic heterocycles. The Labute approximate surface area is 200 Å². The molecule has 0 spiro atoms. The first-order chi connectivity index (χ1) is 13.7. The van der Waals surface area contributed by atoms with E-state index >= 15 is 0 Å². The van der Waals surface area contributed by atoms with Gasteiger partial charge in [0.1, 0.15) is 9.84 Å². The maximum Gasteiger partial charge on any atom is 0.191 e. The Morgan fingerprint density at radius 2 is 1.80 bits per heavy atom. The van der Waals surface area contributed by atoms with Gasteiger partial charge in [0.25, 0.3) is 0 Å². The lowest BCUT2D eigenvalue weighted by atomic mass is 9.91. The van der Waals surface area contributed by atoms with Gasteiger partial charge in [-0.3, -0.25) is 9.89 Å². The van der Waals surface area contributed by atoms with Gasteiger partial charge in [0, 0.05) is 45.5 Å². The molecule has 1 fully saturated rings. The van der Waals surface area contributed by atoms with E-state index in [1.165, 1.54) is 23.8 Å². The molecule has 1 heterocycles. The predicted octanol–water partition coefficient (Wildman–Crippen LogP) is 3.27. The highest BCUT2D eigenvalue weighted by Crippen LogP contribution is 2.23. The Kier molecular flexibility index (Phi) is 11.6. The van der Waals surface area contributed by atoms with Crippen LogP contribution in [0, 0.1) is 11.8 Å². The van der Waals surface area contributed by atoms with E-state index in [1.807, 2.05) is 6.92 Å². The van der Waals surface area contributed by atoms with E-state index in [0.29, 0.717) is 18.9 Å². The van der Waals surface area contributed by atoms with Crippen LogP contribution >= 0.6 is 24.0 Å². The van der Waals surface area contributed by atoms with Crippen molar-refractivity contribution in [3.63, 3.8) is 0 Å².